The van der Waals surface area contributed by atoms with E-state index in [0.29, 0.717) is 21.2 Å². The standard InChI is InChI=1S/C17H12Br2N4O2S/c1-26-17-21-16-14(22-23-17)10-7-9(18)3-4-12(10)20-15(25-16)8-2-5-13(24)11(19)6-8/h2-7,15,20,24H,1H3/t15-/m0/s1. The lowest BCUT2D eigenvalue weighted by atomic mass is 10.1. The summed E-state index contributed by atoms with van der Waals surface area (Å²) in [5.74, 6) is 0.573. The highest BCUT2D eigenvalue weighted by molar-refractivity contribution is 9.10. The minimum Gasteiger partial charge on any atom is -0.507 e. The molecule has 0 amide bonds. The lowest BCUT2D eigenvalue weighted by Gasteiger charge is -2.19. The van der Waals surface area contributed by atoms with E-state index < -0.39 is 6.23 Å². The van der Waals surface area contributed by atoms with Gasteiger partial charge in [-0.05, 0) is 58.6 Å². The van der Waals surface area contributed by atoms with Crippen LogP contribution < -0.4 is 10.1 Å². The molecule has 1 aliphatic heterocycles. The number of halogens is 2. The quantitative estimate of drug-likeness (QED) is 0.484. The smallest absolute Gasteiger partial charge is 0.247 e. The molecule has 0 aliphatic carbocycles. The van der Waals surface area contributed by atoms with Crippen molar-refractivity contribution in [2.24, 2.45) is 0 Å². The fourth-order valence-electron chi connectivity index (χ4n) is 2.59. The van der Waals surface area contributed by atoms with Gasteiger partial charge in [-0.25, -0.2) is 0 Å². The third-order valence-electron chi connectivity index (χ3n) is 3.85. The number of nitrogens with zero attached hydrogens (tertiary/aromatic N) is 3. The highest BCUT2D eigenvalue weighted by Crippen LogP contribution is 2.41. The Kier molecular flexibility index (Phi) is 4.76. The number of nitrogens with one attached hydrogen (secondary N) is 1. The van der Waals surface area contributed by atoms with Crippen LogP contribution in [0.15, 0.2) is 50.5 Å². The molecule has 6 nitrogen and oxygen atoms in total. The number of phenolic OH excluding ortho intramolecular Hbond substituents is 1. The molecule has 1 aliphatic rings. The lowest BCUT2D eigenvalue weighted by Crippen LogP contribution is -2.17. The van der Waals surface area contributed by atoms with Crippen LogP contribution in [0.2, 0.25) is 0 Å². The zero-order chi connectivity index (χ0) is 18.3. The Morgan fingerprint density at radius 3 is 2.77 bits per heavy atom. The highest BCUT2D eigenvalue weighted by Gasteiger charge is 2.26. The van der Waals surface area contributed by atoms with E-state index in [4.69, 9.17) is 4.74 Å². The summed E-state index contributed by atoms with van der Waals surface area (Å²) in [6.07, 6.45) is 1.39. The summed E-state index contributed by atoms with van der Waals surface area (Å²) in [7, 11) is 0. The van der Waals surface area contributed by atoms with Crippen molar-refractivity contribution in [2.45, 2.75) is 11.4 Å². The number of hydrogen-bond acceptors (Lipinski definition) is 7. The summed E-state index contributed by atoms with van der Waals surface area (Å²) in [6.45, 7) is 0. The molecule has 0 bridgehead atoms. The largest absolute Gasteiger partial charge is 0.507 e. The third-order valence-corrected chi connectivity index (χ3v) is 5.51. The number of hydrogen-bond donors (Lipinski definition) is 2. The average molecular weight is 496 g/mol. The molecule has 0 unspecified atom stereocenters. The first-order valence-electron chi connectivity index (χ1n) is 7.55. The lowest BCUT2D eigenvalue weighted by molar-refractivity contribution is 0.225. The fourth-order valence-corrected chi connectivity index (χ4v) is 3.65. The van der Waals surface area contributed by atoms with Crippen LogP contribution in [0.3, 0.4) is 0 Å². The molecule has 3 aromatic rings. The van der Waals surface area contributed by atoms with Crippen molar-refractivity contribution >= 4 is 49.3 Å². The van der Waals surface area contributed by atoms with E-state index >= 15 is 0 Å². The van der Waals surface area contributed by atoms with E-state index in [2.05, 4.69) is 52.4 Å². The predicted molar refractivity (Wildman–Crippen MR) is 108 cm³/mol. The number of fused-ring (bicyclic) bond motifs is 3. The van der Waals surface area contributed by atoms with Gasteiger partial charge in [-0.15, -0.1) is 10.2 Å². The van der Waals surface area contributed by atoms with Crippen molar-refractivity contribution < 1.29 is 9.84 Å². The molecule has 0 spiro atoms. The first-order chi connectivity index (χ1) is 12.5. The minimum absolute atomic E-state index is 0.167. The Bertz CT molecular complexity index is 1000. The number of aromatic nitrogens is 3. The van der Waals surface area contributed by atoms with E-state index in [1.807, 2.05) is 24.5 Å². The van der Waals surface area contributed by atoms with Gasteiger partial charge in [0.2, 0.25) is 11.0 Å². The van der Waals surface area contributed by atoms with Crippen molar-refractivity contribution in [3.8, 4) is 22.9 Å². The van der Waals surface area contributed by atoms with Gasteiger partial charge in [-0.2, -0.15) is 4.98 Å². The Morgan fingerprint density at radius 2 is 2.00 bits per heavy atom. The summed E-state index contributed by atoms with van der Waals surface area (Å²) >= 11 is 8.24. The molecule has 2 heterocycles. The average Bonchev–Trinajstić information content (AvgIpc) is 2.80. The van der Waals surface area contributed by atoms with Gasteiger partial charge in [-0.1, -0.05) is 27.7 Å². The van der Waals surface area contributed by atoms with Crippen LogP contribution in [0.1, 0.15) is 11.8 Å². The normalized spacial score (nSPS) is 15.3. The van der Waals surface area contributed by atoms with Gasteiger partial charge < -0.3 is 15.2 Å². The zero-order valence-electron chi connectivity index (χ0n) is 13.4. The van der Waals surface area contributed by atoms with Crippen molar-refractivity contribution in [1.82, 2.24) is 15.2 Å². The molecule has 0 radical (unpaired) electrons. The van der Waals surface area contributed by atoms with Crippen molar-refractivity contribution in [3.63, 3.8) is 0 Å². The molecular formula is C17H12Br2N4O2S. The molecule has 0 saturated carbocycles. The van der Waals surface area contributed by atoms with Crippen LogP contribution >= 0.6 is 43.6 Å². The Labute approximate surface area is 170 Å². The molecule has 132 valence electrons. The number of aromatic hydroxyl groups is 1. The Morgan fingerprint density at radius 1 is 1.15 bits per heavy atom. The summed E-state index contributed by atoms with van der Waals surface area (Å²) in [6, 6.07) is 11.1. The van der Waals surface area contributed by atoms with E-state index in [-0.39, 0.29) is 5.75 Å². The number of ether oxygens (including phenoxy) is 1. The number of phenols is 1. The molecule has 2 aromatic carbocycles. The highest BCUT2D eigenvalue weighted by atomic mass is 79.9. The molecule has 1 aromatic heterocycles. The molecule has 0 fully saturated rings. The van der Waals surface area contributed by atoms with E-state index in [9.17, 15) is 5.11 Å². The van der Waals surface area contributed by atoms with Gasteiger partial charge in [-0.3, -0.25) is 0 Å². The van der Waals surface area contributed by atoms with Gasteiger partial charge in [0.15, 0.2) is 11.9 Å². The van der Waals surface area contributed by atoms with Gasteiger partial charge in [0, 0.05) is 21.3 Å². The molecule has 2 N–H and O–H groups in total. The topological polar surface area (TPSA) is 80.2 Å². The first-order valence-corrected chi connectivity index (χ1v) is 10.4. The monoisotopic (exact) mass is 494 g/mol. The molecule has 4 rings (SSSR count). The molecule has 9 heteroatoms. The van der Waals surface area contributed by atoms with Crippen LogP contribution in [0.25, 0.3) is 11.3 Å². The van der Waals surface area contributed by atoms with E-state index in [0.717, 1.165) is 21.3 Å². The first kappa shape index (κ1) is 17.6. The van der Waals surface area contributed by atoms with Gasteiger partial charge in [0.25, 0.3) is 0 Å². The van der Waals surface area contributed by atoms with Crippen LogP contribution in [0.5, 0.6) is 11.6 Å². The van der Waals surface area contributed by atoms with Crippen molar-refractivity contribution in [1.29, 1.82) is 0 Å². The van der Waals surface area contributed by atoms with Crippen LogP contribution in [-0.2, 0) is 0 Å². The second kappa shape index (κ2) is 7.05. The van der Waals surface area contributed by atoms with Crippen LogP contribution in [0, 0.1) is 0 Å². The van der Waals surface area contributed by atoms with Crippen LogP contribution in [-0.4, -0.2) is 26.5 Å². The summed E-state index contributed by atoms with van der Waals surface area (Å²) in [5, 5.41) is 22.1. The second-order valence-corrected chi connectivity index (χ2v) is 8.04. The summed E-state index contributed by atoms with van der Waals surface area (Å²) in [4.78, 5) is 4.49. The van der Waals surface area contributed by atoms with Crippen molar-refractivity contribution in [2.75, 3.05) is 11.6 Å². The van der Waals surface area contributed by atoms with E-state index in [1.54, 1.807) is 18.2 Å². The molecule has 26 heavy (non-hydrogen) atoms. The second-order valence-electron chi connectivity index (χ2n) is 5.50. The van der Waals surface area contributed by atoms with Gasteiger partial charge in [0.05, 0.1) is 4.47 Å². The van der Waals surface area contributed by atoms with Crippen molar-refractivity contribution in [3.05, 3.63) is 50.9 Å². The van der Waals surface area contributed by atoms with Crippen LogP contribution in [0.4, 0.5) is 5.69 Å². The number of rotatable bonds is 2. The van der Waals surface area contributed by atoms with E-state index in [1.165, 1.54) is 11.8 Å². The maximum atomic E-state index is 9.77. The summed E-state index contributed by atoms with van der Waals surface area (Å²) < 4.78 is 7.66. The molecule has 1 atom stereocenters. The Balaban J connectivity index is 1.87. The molecule has 0 saturated heterocycles. The number of thioether (sulfide) groups is 1. The van der Waals surface area contributed by atoms with Gasteiger partial charge in [0.1, 0.15) is 5.75 Å². The molecular weight excluding hydrogens is 484 g/mol. The Hall–Kier alpha value is -1.84. The zero-order valence-corrected chi connectivity index (χ0v) is 17.4. The maximum absolute atomic E-state index is 9.77. The summed E-state index contributed by atoms with van der Waals surface area (Å²) in [5.41, 5.74) is 3.11. The maximum Gasteiger partial charge on any atom is 0.247 e. The number of anilines is 1. The fraction of sp³-hybridized carbons (Fsp3) is 0.118. The minimum atomic E-state index is -0.500. The SMILES string of the molecule is CSc1nnc2c(n1)O[C@@H](c1ccc(O)c(Br)c1)Nc1ccc(Br)cc1-2. The van der Waals surface area contributed by atoms with Gasteiger partial charge >= 0.3 is 0 Å². The predicted octanol–water partition coefficient (Wildman–Crippen LogP) is 4.99. The number of benzene rings is 2. The third kappa shape index (κ3) is 3.26.